The molecule has 6 heteroatoms. The maximum atomic E-state index is 12.2. The largest absolute Gasteiger partial charge is 0.480 e. The van der Waals surface area contributed by atoms with Crippen LogP contribution in [-0.4, -0.2) is 47.8 Å². The summed E-state index contributed by atoms with van der Waals surface area (Å²) in [4.78, 5) is 25.0. The summed E-state index contributed by atoms with van der Waals surface area (Å²) in [6.45, 7) is 2.49. The third kappa shape index (κ3) is 3.52. The number of carboxylic acids is 1. The van der Waals surface area contributed by atoms with E-state index in [1.165, 1.54) is 4.90 Å². The fraction of sp³-hybridized carbons (Fsp3) is 0.467. The van der Waals surface area contributed by atoms with E-state index < -0.39 is 12.0 Å². The molecule has 1 aliphatic heterocycles. The minimum atomic E-state index is -0.987. The SMILES string of the molecule is COC(C)CNC(=O)N1Cc2ccccc2C[C@H]1C(=O)O. The Kier molecular flexibility index (Phi) is 4.80. The first-order valence-corrected chi connectivity index (χ1v) is 6.89. The molecule has 1 aliphatic rings. The lowest BCUT2D eigenvalue weighted by molar-refractivity contribution is -0.142. The molecule has 2 rings (SSSR count). The number of carbonyl (C=O) groups is 2. The summed E-state index contributed by atoms with van der Waals surface area (Å²) in [6, 6.07) is 6.40. The van der Waals surface area contributed by atoms with Gasteiger partial charge in [-0.05, 0) is 18.1 Å². The van der Waals surface area contributed by atoms with Crippen molar-refractivity contribution in [3.8, 4) is 0 Å². The molecule has 0 saturated carbocycles. The number of hydrogen-bond donors (Lipinski definition) is 2. The molecule has 0 saturated heterocycles. The first-order chi connectivity index (χ1) is 10.0. The molecule has 1 unspecified atom stereocenters. The van der Waals surface area contributed by atoms with Gasteiger partial charge in [0, 0.05) is 26.6 Å². The number of nitrogens with one attached hydrogen (secondary N) is 1. The minimum absolute atomic E-state index is 0.116. The molecule has 0 radical (unpaired) electrons. The predicted molar refractivity (Wildman–Crippen MR) is 77.0 cm³/mol. The van der Waals surface area contributed by atoms with Crippen molar-refractivity contribution in [2.75, 3.05) is 13.7 Å². The van der Waals surface area contributed by atoms with Crippen LogP contribution < -0.4 is 5.32 Å². The molecule has 0 bridgehead atoms. The van der Waals surface area contributed by atoms with E-state index in [0.29, 0.717) is 19.5 Å². The quantitative estimate of drug-likeness (QED) is 0.875. The fourth-order valence-electron chi connectivity index (χ4n) is 2.37. The molecule has 1 heterocycles. The highest BCUT2D eigenvalue weighted by molar-refractivity contribution is 5.83. The van der Waals surface area contributed by atoms with E-state index in [9.17, 15) is 14.7 Å². The predicted octanol–water partition coefficient (Wildman–Crippen LogP) is 1.24. The second-order valence-electron chi connectivity index (χ2n) is 5.19. The number of urea groups is 1. The number of rotatable bonds is 4. The van der Waals surface area contributed by atoms with Crippen molar-refractivity contribution in [3.63, 3.8) is 0 Å². The summed E-state index contributed by atoms with van der Waals surface area (Å²) >= 11 is 0. The summed E-state index contributed by atoms with van der Waals surface area (Å²) in [6.07, 6.45) is 0.216. The van der Waals surface area contributed by atoms with Crippen LogP contribution in [0.4, 0.5) is 4.79 Å². The van der Waals surface area contributed by atoms with E-state index in [2.05, 4.69) is 5.32 Å². The summed E-state index contributed by atoms with van der Waals surface area (Å²) in [5.41, 5.74) is 1.98. The van der Waals surface area contributed by atoms with Gasteiger partial charge in [-0.15, -0.1) is 0 Å². The molecule has 2 atom stereocenters. The topological polar surface area (TPSA) is 78.9 Å². The van der Waals surface area contributed by atoms with Crippen molar-refractivity contribution in [3.05, 3.63) is 35.4 Å². The van der Waals surface area contributed by atoms with Crippen molar-refractivity contribution in [2.24, 2.45) is 0 Å². The number of ether oxygens (including phenoxy) is 1. The average Bonchev–Trinajstić information content (AvgIpc) is 2.50. The van der Waals surface area contributed by atoms with E-state index in [-0.39, 0.29) is 12.1 Å². The molecule has 0 spiro atoms. The zero-order chi connectivity index (χ0) is 15.4. The molecule has 0 fully saturated rings. The Bertz CT molecular complexity index is 532. The Labute approximate surface area is 123 Å². The summed E-state index contributed by atoms with van der Waals surface area (Å²) < 4.78 is 5.07. The number of benzene rings is 1. The maximum Gasteiger partial charge on any atom is 0.326 e. The fourth-order valence-corrected chi connectivity index (χ4v) is 2.37. The van der Waals surface area contributed by atoms with Gasteiger partial charge >= 0.3 is 12.0 Å². The van der Waals surface area contributed by atoms with Crippen LogP contribution in [0, 0.1) is 0 Å². The van der Waals surface area contributed by atoms with Crippen LogP contribution in [-0.2, 0) is 22.5 Å². The van der Waals surface area contributed by atoms with E-state index in [0.717, 1.165) is 11.1 Å². The molecule has 0 aromatic heterocycles. The Morgan fingerprint density at radius 2 is 2.10 bits per heavy atom. The summed E-state index contributed by atoms with van der Waals surface area (Å²) in [5, 5.41) is 12.1. The first-order valence-electron chi connectivity index (χ1n) is 6.89. The lowest BCUT2D eigenvalue weighted by Gasteiger charge is -2.34. The highest BCUT2D eigenvalue weighted by Crippen LogP contribution is 2.23. The molecule has 1 aromatic rings. The number of hydrogen-bond acceptors (Lipinski definition) is 3. The molecule has 6 nitrogen and oxygen atoms in total. The second-order valence-corrected chi connectivity index (χ2v) is 5.19. The second kappa shape index (κ2) is 6.58. The van der Waals surface area contributed by atoms with Gasteiger partial charge in [0.25, 0.3) is 0 Å². The molecule has 114 valence electrons. The van der Waals surface area contributed by atoms with Gasteiger partial charge in [-0.25, -0.2) is 9.59 Å². The molecule has 1 aromatic carbocycles. The van der Waals surface area contributed by atoms with Gasteiger partial charge in [-0.2, -0.15) is 0 Å². The van der Waals surface area contributed by atoms with Crippen LogP contribution in [0.1, 0.15) is 18.1 Å². The molecule has 2 N–H and O–H groups in total. The molecule has 2 amide bonds. The van der Waals surface area contributed by atoms with Gasteiger partial charge in [0.05, 0.1) is 6.10 Å². The lowest BCUT2D eigenvalue weighted by atomic mass is 9.94. The van der Waals surface area contributed by atoms with E-state index in [4.69, 9.17) is 4.74 Å². The Morgan fingerprint density at radius 3 is 2.71 bits per heavy atom. The highest BCUT2D eigenvalue weighted by atomic mass is 16.5. The third-order valence-corrected chi connectivity index (χ3v) is 3.74. The van der Waals surface area contributed by atoms with E-state index in [1.807, 2.05) is 31.2 Å². The Hall–Kier alpha value is -2.08. The monoisotopic (exact) mass is 292 g/mol. The third-order valence-electron chi connectivity index (χ3n) is 3.74. The van der Waals surface area contributed by atoms with Crippen LogP contribution in [0.5, 0.6) is 0 Å². The number of aliphatic carboxylic acids is 1. The maximum absolute atomic E-state index is 12.2. The van der Waals surface area contributed by atoms with Crippen LogP contribution >= 0.6 is 0 Å². The average molecular weight is 292 g/mol. The highest BCUT2D eigenvalue weighted by Gasteiger charge is 2.34. The van der Waals surface area contributed by atoms with Crippen molar-refractivity contribution >= 4 is 12.0 Å². The number of carbonyl (C=O) groups excluding carboxylic acids is 1. The minimum Gasteiger partial charge on any atom is -0.480 e. The standard InChI is InChI=1S/C15H20N2O4/c1-10(21-2)8-16-15(20)17-9-12-6-4-3-5-11(12)7-13(17)14(18)19/h3-6,10,13H,7-9H2,1-2H3,(H,16,20)(H,18,19)/t10?,13-/m0/s1. The van der Waals surface area contributed by atoms with E-state index in [1.54, 1.807) is 7.11 Å². The zero-order valence-corrected chi connectivity index (χ0v) is 12.2. The number of nitrogens with zero attached hydrogens (tertiary/aromatic N) is 1. The lowest BCUT2D eigenvalue weighted by Crippen LogP contribution is -2.53. The number of methoxy groups -OCH3 is 1. The first kappa shape index (κ1) is 15.3. The number of fused-ring (bicyclic) bond motifs is 1. The van der Waals surface area contributed by atoms with Crippen molar-refractivity contribution in [2.45, 2.75) is 32.0 Å². The van der Waals surface area contributed by atoms with Crippen molar-refractivity contribution in [1.29, 1.82) is 0 Å². The van der Waals surface area contributed by atoms with Gasteiger partial charge in [-0.1, -0.05) is 24.3 Å². The van der Waals surface area contributed by atoms with Gasteiger partial charge in [-0.3, -0.25) is 0 Å². The van der Waals surface area contributed by atoms with Crippen LogP contribution in [0.2, 0.25) is 0 Å². The number of carboxylic acid groups (broad SMARTS) is 1. The van der Waals surface area contributed by atoms with Gasteiger partial charge in [0.1, 0.15) is 6.04 Å². The van der Waals surface area contributed by atoms with Gasteiger partial charge in [0.2, 0.25) is 0 Å². The van der Waals surface area contributed by atoms with Gasteiger partial charge in [0.15, 0.2) is 0 Å². The molecule has 0 aliphatic carbocycles. The van der Waals surface area contributed by atoms with Crippen LogP contribution in [0.25, 0.3) is 0 Å². The number of amides is 2. The molecule has 21 heavy (non-hydrogen) atoms. The Morgan fingerprint density at radius 1 is 1.43 bits per heavy atom. The normalized spacial score (nSPS) is 18.8. The molecular weight excluding hydrogens is 272 g/mol. The Balaban J connectivity index is 2.13. The van der Waals surface area contributed by atoms with Gasteiger partial charge < -0.3 is 20.1 Å². The van der Waals surface area contributed by atoms with Crippen molar-refractivity contribution < 1.29 is 19.4 Å². The summed E-state index contributed by atoms with van der Waals surface area (Å²) in [5.74, 6) is -0.987. The van der Waals surface area contributed by atoms with Crippen molar-refractivity contribution in [1.82, 2.24) is 10.2 Å². The smallest absolute Gasteiger partial charge is 0.326 e. The summed E-state index contributed by atoms with van der Waals surface area (Å²) in [7, 11) is 1.56. The van der Waals surface area contributed by atoms with Crippen LogP contribution in [0.3, 0.4) is 0 Å². The van der Waals surface area contributed by atoms with E-state index >= 15 is 0 Å². The van der Waals surface area contributed by atoms with Crippen LogP contribution in [0.15, 0.2) is 24.3 Å². The molecular formula is C15H20N2O4. The zero-order valence-electron chi connectivity index (χ0n) is 12.2.